The van der Waals surface area contributed by atoms with Gasteiger partial charge in [0.1, 0.15) is 0 Å². The van der Waals surface area contributed by atoms with Gasteiger partial charge in [-0.3, -0.25) is 0 Å². The Balaban J connectivity index is 1.77. The van der Waals surface area contributed by atoms with Crippen molar-refractivity contribution in [2.24, 2.45) is 0 Å². The summed E-state index contributed by atoms with van der Waals surface area (Å²) in [5.41, 5.74) is 4.35. The van der Waals surface area contributed by atoms with Crippen molar-refractivity contribution in [1.82, 2.24) is 4.98 Å². The van der Waals surface area contributed by atoms with Crippen LogP contribution in [0.2, 0.25) is 0 Å². The fourth-order valence-corrected chi connectivity index (χ4v) is 4.66. The third-order valence-electron chi connectivity index (χ3n) is 4.17. The van der Waals surface area contributed by atoms with Crippen LogP contribution in [-0.4, -0.2) is 22.8 Å². The van der Waals surface area contributed by atoms with E-state index in [9.17, 15) is 0 Å². The van der Waals surface area contributed by atoms with E-state index in [1.807, 2.05) is 19.1 Å². The first-order valence-electron chi connectivity index (χ1n) is 8.32. The van der Waals surface area contributed by atoms with Crippen molar-refractivity contribution in [3.8, 4) is 16.9 Å². The third kappa shape index (κ3) is 3.48. The quantitative estimate of drug-likeness (QED) is 0.485. The Kier molecular flexibility index (Phi) is 4.59. The van der Waals surface area contributed by atoms with Crippen LogP contribution in [0.15, 0.2) is 84.9 Å². The minimum absolute atomic E-state index is 0.891. The Morgan fingerprint density at radius 1 is 0.760 bits per heavy atom. The van der Waals surface area contributed by atoms with Gasteiger partial charge in [-0.25, -0.2) is 0 Å². The molecule has 1 radical (unpaired) electrons. The number of fused-ring (bicyclic) bond motifs is 1. The van der Waals surface area contributed by atoms with Crippen LogP contribution in [0, 0.1) is 6.92 Å². The molecule has 0 aliphatic rings. The minimum atomic E-state index is -0.996. The number of hydrogen-bond donors (Lipinski definition) is 0. The predicted molar refractivity (Wildman–Crippen MR) is 104 cm³/mol. The second-order valence-electron chi connectivity index (χ2n) is 5.97. The molecule has 0 saturated carbocycles. The molecule has 0 unspecified atom stereocenters. The van der Waals surface area contributed by atoms with E-state index in [4.69, 9.17) is 8.51 Å². The van der Waals surface area contributed by atoms with Gasteiger partial charge in [0.25, 0.3) is 0 Å². The van der Waals surface area contributed by atoms with E-state index in [0.29, 0.717) is 0 Å². The van der Waals surface area contributed by atoms with E-state index in [-0.39, 0.29) is 0 Å². The third-order valence-corrected chi connectivity index (χ3v) is 6.32. The fraction of sp³-hybridized carbons (Fsp3) is 0.0455. The van der Waals surface area contributed by atoms with Crippen molar-refractivity contribution in [1.29, 1.82) is 0 Å². The summed E-state index contributed by atoms with van der Waals surface area (Å²) in [6, 6.07) is 29.3. The maximum atomic E-state index is 6.24. The van der Waals surface area contributed by atoms with Crippen LogP contribution in [0.4, 0.5) is 0 Å². The molecule has 3 heteroatoms. The molecule has 1 heterocycles. The summed E-state index contributed by atoms with van der Waals surface area (Å²) in [5.74, 6) is 0.891. The molecule has 0 N–H and O–H groups in total. The molecule has 0 spiro atoms. The van der Waals surface area contributed by atoms with E-state index >= 15 is 0 Å². The van der Waals surface area contributed by atoms with Crippen molar-refractivity contribution >= 4 is 32.8 Å². The summed E-state index contributed by atoms with van der Waals surface area (Å²) in [6.45, 7) is 2.02. The zero-order chi connectivity index (χ0) is 17.1. The predicted octanol–water partition coefficient (Wildman–Crippen LogP) is 4.53. The summed E-state index contributed by atoms with van der Waals surface area (Å²) in [4.78, 5) is 4.77. The monoisotopic (exact) mass is 380 g/mol. The van der Waals surface area contributed by atoms with Gasteiger partial charge in [0, 0.05) is 0 Å². The molecule has 2 nitrogen and oxygen atoms in total. The van der Waals surface area contributed by atoms with Gasteiger partial charge in [0.05, 0.1) is 0 Å². The second kappa shape index (κ2) is 7.17. The van der Waals surface area contributed by atoms with Gasteiger partial charge in [-0.15, -0.1) is 0 Å². The van der Waals surface area contributed by atoms with Crippen LogP contribution in [-0.2, 0) is 0 Å². The standard InChI is InChI=1S/C16H13NO.C6H5.Ga/c1-11-7-8-14-13(12-5-3-2-4-6-12)9-10-15(18)16(14)17-11;1-2-4-6-5-3-1;/h2-10,18H,1H3;1-5H;/q;;+1/p-1. The number of benzene rings is 3. The Labute approximate surface area is 155 Å². The number of pyridine rings is 1. The molecular formula is C22H17GaNO. The van der Waals surface area contributed by atoms with E-state index in [2.05, 4.69) is 72.8 Å². The summed E-state index contributed by atoms with van der Waals surface area (Å²) >= 11 is -0.996. The topological polar surface area (TPSA) is 22.1 Å². The normalized spacial score (nSPS) is 10.6. The molecule has 3 aromatic carbocycles. The SMILES string of the molecule is Cc1ccc2c(-c3ccccc3)ccc([O][Ga][c]3ccccc3)c2n1. The van der Waals surface area contributed by atoms with Gasteiger partial charge in [-0.05, 0) is 0 Å². The molecule has 4 aromatic rings. The zero-order valence-electron chi connectivity index (χ0n) is 14.0. The van der Waals surface area contributed by atoms with Crippen LogP contribution >= 0.6 is 0 Å². The van der Waals surface area contributed by atoms with Crippen LogP contribution in [0.1, 0.15) is 5.69 Å². The number of hydrogen-bond acceptors (Lipinski definition) is 2. The molecule has 119 valence electrons. The Morgan fingerprint density at radius 2 is 1.48 bits per heavy atom. The molecule has 25 heavy (non-hydrogen) atoms. The van der Waals surface area contributed by atoms with Crippen LogP contribution in [0.5, 0.6) is 5.75 Å². The van der Waals surface area contributed by atoms with E-state index < -0.39 is 17.8 Å². The Hall–Kier alpha value is -2.49. The number of rotatable bonds is 4. The summed E-state index contributed by atoms with van der Waals surface area (Å²) < 4.78 is 7.55. The van der Waals surface area contributed by atoms with Gasteiger partial charge in [-0.2, -0.15) is 0 Å². The molecule has 1 aromatic heterocycles. The number of aryl methyl sites for hydroxylation is 1. The zero-order valence-corrected chi connectivity index (χ0v) is 16.4. The van der Waals surface area contributed by atoms with Gasteiger partial charge >= 0.3 is 156 Å². The molecule has 0 aliphatic heterocycles. The van der Waals surface area contributed by atoms with Gasteiger partial charge < -0.3 is 0 Å². The summed E-state index contributed by atoms with van der Waals surface area (Å²) in [5, 5.41) is 1.14. The van der Waals surface area contributed by atoms with Gasteiger partial charge in [-0.1, -0.05) is 0 Å². The first-order valence-corrected chi connectivity index (χ1v) is 10.5. The molecule has 0 aliphatic carbocycles. The molecule has 0 amide bonds. The maximum absolute atomic E-state index is 6.24. The molecular weight excluding hydrogens is 364 g/mol. The second-order valence-corrected chi connectivity index (χ2v) is 8.36. The van der Waals surface area contributed by atoms with Gasteiger partial charge in [0.15, 0.2) is 0 Å². The fourth-order valence-electron chi connectivity index (χ4n) is 2.92. The molecule has 4 rings (SSSR count). The summed E-state index contributed by atoms with van der Waals surface area (Å²) in [7, 11) is 0. The molecule has 0 saturated heterocycles. The van der Waals surface area contributed by atoms with E-state index in [1.54, 1.807) is 0 Å². The van der Waals surface area contributed by atoms with Crippen LogP contribution in [0.3, 0.4) is 0 Å². The van der Waals surface area contributed by atoms with E-state index in [1.165, 1.54) is 15.2 Å². The molecule has 0 atom stereocenters. The number of nitrogens with zero attached hydrogens (tertiary/aromatic N) is 1. The molecule has 0 bridgehead atoms. The Morgan fingerprint density at radius 3 is 2.24 bits per heavy atom. The summed E-state index contributed by atoms with van der Waals surface area (Å²) in [6.07, 6.45) is 0. The number of aromatic nitrogens is 1. The average molecular weight is 381 g/mol. The van der Waals surface area contributed by atoms with Crippen molar-refractivity contribution in [3.63, 3.8) is 0 Å². The Bertz CT molecular complexity index is 1000. The van der Waals surface area contributed by atoms with Gasteiger partial charge in [0.2, 0.25) is 0 Å². The van der Waals surface area contributed by atoms with Crippen molar-refractivity contribution in [2.45, 2.75) is 6.92 Å². The van der Waals surface area contributed by atoms with Crippen molar-refractivity contribution in [2.75, 3.05) is 0 Å². The first-order chi connectivity index (χ1) is 12.3. The van der Waals surface area contributed by atoms with Crippen molar-refractivity contribution < 1.29 is 3.53 Å². The average Bonchev–Trinajstić information content (AvgIpc) is 2.67. The van der Waals surface area contributed by atoms with E-state index in [0.717, 1.165) is 22.3 Å². The molecule has 0 fully saturated rings. The van der Waals surface area contributed by atoms with Crippen molar-refractivity contribution in [3.05, 3.63) is 90.6 Å². The van der Waals surface area contributed by atoms with Crippen LogP contribution in [0.25, 0.3) is 22.0 Å². The first kappa shape index (κ1) is 16.0. The van der Waals surface area contributed by atoms with Crippen LogP contribution < -0.4 is 7.65 Å².